The van der Waals surface area contributed by atoms with Crippen LogP contribution in [0, 0.1) is 0 Å². The van der Waals surface area contributed by atoms with E-state index in [2.05, 4.69) is 19.1 Å². The van der Waals surface area contributed by atoms with Crippen molar-refractivity contribution in [3.63, 3.8) is 0 Å². The number of carbonyl (C=O) groups is 1. The fraction of sp³-hybridized carbons (Fsp3) is 0.696. The van der Waals surface area contributed by atoms with E-state index in [9.17, 15) is 4.79 Å². The van der Waals surface area contributed by atoms with Crippen LogP contribution >= 0.6 is 0 Å². The summed E-state index contributed by atoms with van der Waals surface area (Å²) in [5.74, 6) is -0.853. The van der Waals surface area contributed by atoms with Gasteiger partial charge in [-0.25, -0.2) is 4.79 Å². The predicted molar refractivity (Wildman–Crippen MR) is 111 cm³/mol. The molecule has 1 aromatic heterocycles. The number of rotatable bonds is 18. The second-order valence-corrected chi connectivity index (χ2v) is 7.21. The first-order valence-corrected chi connectivity index (χ1v) is 10.8. The SMILES string of the molecule is CCCCCCCC/C=C\CCCCCCCCOc1ccc(C(=O)O)o1. The molecule has 1 heterocycles. The van der Waals surface area contributed by atoms with Gasteiger partial charge in [0.15, 0.2) is 0 Å². The van der Waals surface area contributed by atoms with Crippen molar-refractivity contribution in [3.05, 3.63) is 30.0 Å². The van der Waals surface area contributed by atoms with Crippen molar-refractivity contribution in [3.8, 4) is 5.95 Å². The van der Waals surface area contributed by atoms with Crippen molar-refractivity contribution < 1.29 is 19.1 Å². The number of carboxylic acids is 1. The minimum absolute atomic E-state index is 0.0778. The fourth-order valence-electron chi connectivity index (χ4n) is 3.04. The van der Waals surface area contributed by atoms with Crippen LogP contribution in [0.25, 0.3) is 0 Å². The van der Waals surface area contributed by atoms with Gasteiger partial charge in [-0.3, -0.25) is 0 Å². The van der Waals surface area contributed by atoms with E-state index in [-0.39, 0.29) is 5.76 Å². The molecule has 1 aromatic rings. The van der Waals surface area contributed by atoms with Crippen LogP contribution in [0.2, 0.25) is 0 Å². The van der Waals surface area contributed by atoms with Crippen LogP contribution in [0.15, 0.2) is 28.7 Å². The summed E-state index contributed by atoms with van der Waals surface area (Å²) < 4.78 is 10.5. The second kappa shape index (κ2) is 16.5. The molecule has 0 radical (unpaired) electrons. The van der Waals surface area contributed by atoms with Gasteiger partial charge < -0.3 is 14.3 Å². The molecule has 0 saturated heterocycles. The molecule has 4 nitrogen and oxygen atoms in total. The smallest absolute Gasteiger partial charge is 0.371 e. The summed E-state index contributed by atoms with van der Waals surface area (Å²) in [5, 5.41) is 8.76. The fourth-order valence-corrected chi connectivity index (χ4v) is 3.04. The molecule has 0 atom stereocenters. The number of hydrogen-bond acceptors (Lipinski definition) is 3. The Hall–Kier alpha value is -1.71. The number of hydrogen-bond donors (Lipinski definition) is 1. The van der Waals surface area contributed by atoms with Gasteiger partial charge >= 0.3 is 5.97 Å². The van der Waals surface area contributed by atoms with Gasteiger partial charge in [0.1, 0.15) is 0 Å². The Morgan fingerprint density at radius 1 is 0.889 bits per heavy atom. The first-order chi connectivity index (χ1) is 13.2. The van der Waals surface area contributed by atoms with Crippen LogP contribution in [0.3, 0.4) is 0 Å². The van der Waals surface area contributed by atoms with E-state index in [4.69, 9.17) is 14.3 Å². The molecule has 0 aliphatic carbocycles. The van der Waals surface area contributed by atoms with E-state index in [0.717, 1.165) is 12.8 Å². The highest BCUT2D eigenvalue weighted by atomic mass is 16.6. The Kier molecular flexibility index (Phi) is 14.2. The summed E-state index contributed by atoms with van der Waals surface area (Å²) in [4.78, 5) is 10.7. The minimum Gasteiger partial charge on any atom is -0.475 e. The van der Waals surface area contributed by atoms with E-state index in [0.29, 0.717) is 12.6 Å². The van der Waals surface area contributed by atoms with Crippen LogP contribution < -0.4 is 4.74 Å². The van der Waals surface area contributed by atoms with Gasteiger partial charge in [-0.05, 0) is 38.2 Å². The molecule has 0 aliphatic rings. The third kappa shape index (κ3) is 13.2. The molecule has 1 N–H and O–H groups in total. The molecule has 0 unspecified atom stereocenters. The summed E-state index contributed by atoms with van der Waals surface area (Å²) in [6.45, 7) is 2.84. The maximum absolute atomic E-state index is 10.7. The molecule has 0 saturated carbocycles. The number of ether oxygens (including phenoxy) is 1. The molecule has 0 fully saturated rings. The number of unbranched alkanes of at least 4 members (excludes halogenated alkanes) is 12. The van der Waals surface area contributed by atoms with E-state index < -0.39 is 5.97 Å². The average Bonchev–Trinajstić information content (AvgIpc) is 3.13. The van der Waals surface area contributed by atoms with Crippen molar-refractivity contribution in [2.24, 2.45) is 0 Å². The molecule has 0 aromatic carbocycles. The third-order valence-corrected chi connectivity index (χ3v) is 4.69. The first-order valence-electron chi connectivity index (χ1n) is 10.8. The lowest BCUT2D eigenvalue weighted by molar-refractivity contribution is 0.0653. The first kappa shape index (κ1) is 23.3. The third-order valence-electron chi connectivity index (χ3n) is 4.69. The Morgan fingerprint density at radius 2 is 1.44 bits per heavy atom. The quantitative estimate of drug-likeness (QED) is 0.214. The lowest BCUT2D eigenvalue weighted by Crippen LogP contribution is -1.96. The molecule has 1 rings (SSSR count). The van der Waals surface area contributed by atoms with Crippen LogP contribution in [-0.2, 0) is 0 Å². The van der Waals surface area contributed by atoms with Crippen LogP contribution in [-0.4, -0.2) is 17.7 Å². The molecule has 27 heavy (non-hydrogen) atoms. The van der Waals surface area contributed by atoms with Gasteiger partial charge in [0.2, 0.25) is 5.76 Å². The van der Waals surface area contributed by atoms with Gasteiger partial charge in [0.05, 0.1) is 6.61 Å². The molecule has 0 spiro atoms. The number of allylic oxidation sites excluding steroid dienone is 2. The number of aromatic carboxylic acids is 1. The average molecular weight is 379 g/mol. The number of carboxylic acid groups (broad SMARTS) is 1. The standard InChI is InChI=1S/C23H38O4/c1-2-3-4-5-6-7-8-9-10-11-12-13-14-15-16-17-20-26-22-19-18-21(27-22)23(24)25/h9-10,18-19H,2-8,11-17,20H2,1H3,(H,24,25)/b10-9-. The highest BCUT2D eigenvalue weighted by Gasteiger charge is 2.09. The summed E-state index contributed by atoms with van der Waals surface area (Å²) in [5.41, 5.74) is 0. The van der Waals surface area contributed by atoms with Crippen molar-refractivity contribution in [2.75, 3.05) is 6.61 Å². The highest BCUT2D eigenvalue weighted by molar-refractivity contribution is 5.84. The zero-order valence-corrected chi connectivity index (χ0v) is 17.1. The molecule has 0 bridgehead atoms. The zero-order valence-electron chi connectivity index (χ0n) is 17.1. The van der Waals surface area contributed by atoms with Gasteiger partial charge in [-0.15, -0.1) is 0 Å². The monoisotopic (exact) mass is 378 g/mol. The van der Waals surface area contributed by atoms with Crippen molar-refractivity contribution in [2.45, 2.75) is 96.8 Å². The lowest BCUT2D eigenvalue weighted by Gasteiger charge is -2.03. The second-order valence-electron chi connectivity index (χ2n) is 7.21. The van der Waals surface area contributed by atoms with Crippen LogP contribution in [0.5, 0.6) is 5.95 Å². The maximum atomic E-state index is 10.7. The topological polar surface area (TPSA) is 59.7 Å². The highest BCUT2D eigenvalue weighted by Crippen LogP contribution is 2.16. The predicted octanol–water partition coefficient (Wildman–Crippen LogP) is 7.39. The Balaban J connectivity index is 1.81. The molecular weight excluding hydrogens is 340 g/mol. The summed E-state index contributed by atoms with van der Waals surface area (Å²) >= 11 is 0. The van der Waals surface area contributed by atoms with Crippen molar-refractivity contribution in [1.29, 1.82) is 0 Å². The van der Waals surface area contributed by atoms with E-state index in [1.807, 2.05) is 0 Å². The van der Waals surface area contributed by atoms with Gasteiger partial charge in [-0.1, -0.05) is 76.9 Å². The van der Waals surface area contributed by atoms with E-state index in [1.165, 1.54) is 83.1 Å². The Bertz CT molecular complexity index is 504. The van der Waals surface area contributed by atoms with Gasteiger partial charge in [0, 0.05) is 6.07 Å². The molecular formula is C23H38O4. The normalized spacial score (nSPS) is 11.3. The van der Waals surface area contributed by atoms with Crippen molar-refractivity contribution in [1.82, 2.24) is 0 Å². The summed E-state index contributed by atoms with van der Waals surface area (Å²) in [6, 6.07) is 2.98. The van der Waals surface area contributed by atoms with E-state index in [1.54, 1.807) is 6.07 Å². The largest absolute Gasteiger partial charge is 0.475 e. The van der Waals surface area contributed by atoms with E-state index >= 15 is 0 Å². The number of furan rings is 1. The lowest BCUT2D eigenvalue weighted by atomic mass is 10.1. The zero-order chi connectivity index (χ0) is 19.6. The minimum atomic E-state index is -1.07. The Morgan fingerprint density at radius 3 is 2.00 bits per heavy atom. The summed E-state index contributed by atoms with van der Waals surface area (Å²) in [7, 11) is 0. The van der Waals surface area contributed by atoms with Crippen LogP contribution in [0.4, 0.5) is 0 Å². The van der Waals surface area contributed by atoms with Crippen molar-refractivity contribution >= 4 is 5.97 Å². The Labute approximate surface area is 165 Å². The molecule has 4 heteroatoms. The van der Waals surface area contributed by atoms with Crippen LogP contribution in [0.1, 0.15) is 107 Å². The maximum Gasteiger partial charge on any atom is 0.371 e. The molecule has 0 aliphatic heterocycles. The van der Waals surface area contributed by atoms with Gasteiger partial charge in [-0.2, -0.15) is 0 Å². The molecule has 154 valence electrons. The van der Waals surface area contributed by atoms with Gasteiger partial charge in [0.25, 0.3) is 5.95 Å². The summed E-state index contributed by atoms with van der Waals surface area (Å²) in [6.07, 6.45) is 22.6. The molecule has 0 amide bonds.